The summed E-state index contributed by atoms with van der Waals surface area (Å²) in [4.78, 5) is 7.73. The van der Waals surface area contributed by atoms with Gasteiger partial charge >= 0.3 is 0 Å². The van der Waals surface area contributed by atoms with Crippen LogP contribution < -0.4 is 10.5 Å². The Kier molecular flexibility index (Phi) is 2.92. The van der Waals surface area contributed by atoms with Gasteiger partial charge in [-0.05, 0) is 24.6 Å². The smallest absolute Gasteiger partial charge is 0.224 e. The molecule has 0 aliphatic heterocycles. The molecule has 0 bridgehead atoms. The molecule has 2 rings (SSSR count). The second-order valence-electron chi connectivity index (χ2n) is 3.29. The number of anilines is 1. The first-order chi connectivity index (χ1) is 7.65. The van der Waals surface area contributed by atoms with E-state index in [0.717, 1.165) is 5.56 Å². The average Bonchev–Trinajstić information content (AvgIpc) is 2.24. The topological polar surface area (TPSA) is 61.0 Å². The second kappa shape index (κ2) is 4.37. The number of ether oxygens (including phenoxy) is 1. The Morgan fingerprint density at radius 3 is 2.81 bits per heavy atom. The Morgan fingerprint density at radius 2 is 2.06 bits per heavy atom. The number of aryl methyl sites for hydroxylation is 1. The highest BCUT2D eigenvalue weighted by atomic mass is 35.5. The predicted molar refractivity (Wildman–Crippen MR) is 62.7 cm³/mol. The van der Waals surface area contributed by atoms with Crippen molar-refractivity contribution in [3.63, 3.8) is 0 Å². The zero-order valence-electron chi connectivity index (χ0n) is 8.64. The summed E-state index contributed by atoms with van der Waals surface area (Å²) in [7, 11) is 0. The summed E-state index contributed by atoms with van der Waals surface area (Å²) in [6.07, 6.45) is 1.35. The van der Waals surface area contributed by atoms with Crippen molar-refractivity contribution in [3.8, 4) is 11.6 Å². The van der Waals surface area contributed by atoms with E-state index in [1.165, 1.54) is 6.33 Å². The molecule has 4 nitrogen and oxygen atoms in total. The fourth-order valence-electron chi connectivity index (χ4n) is 1.21. The third kappa shape index (κ3) is 2.41. The van der Waals surface area contributed by atoms with E-state index in [2.05, 4.69) is 9.97 Å². The quantitative estimate of drug-likeness (QED) is 0.870. The largest absolute Gasteiger partial charge is 0.439 e. The molecular weight excluding hydrogens is 226 g/mol. The standard InChI is InChI=1S/C11H10ClN3O/c1-7-2-3-8(12)4-9(7)16-11-5-10(13)14-6-15-11/h2-6H,1H3,(H2,13,14,15). The minimum Gasteiger partial charge on any atom is -0.439 e. The van der Waals surface area contributed by atoms with Gasteiger partial charge in [0.2, 0.25) is 5.88 Å². The van der Waals surface area contributed by atoms with Gasteiger partial charge in [-0.1, -0.05) is 17.7 Å². The number of rotatable bonds is 2. The zero-order chi connectivity index (χ0) is 11.5. The van der Waals surface area contributed by atoms with Crippen molar-refractivity contribution < 1.29 is 4.74 Å². The minimum atomic E-state index is 0.365. The van der Waals surface area contributed by atoms with Gasteiger partial charge in [0.15, 0.2) is 0 Å². The zero-order valence-corrected chi connectivity index (χ0v) is 9.40. The molecular formula is C11H10ClN3O. The van der Waals surface area contributed by atoms with Crippen LogP contribution in [0.4, 0.5) is 5.82 Å². The third-order valence-corrected chi connectivity index (χ3v) is 2.26. The molecule has 0 saturated carbocycles. The van der Waals surface area contributed by atoms with Crippen LogP contribution in [0.5, 0.6) is 11.6 Å². The van der Waals surface area contributed by atoms with Gasteiger partial charge in [-0.3, -0.25) is 0 Å². The molecule has 5 heteroatoms. The van der Waals surface area contributed by atoms with Crippen molar-refractivity contribution in [2.45, 2.75) is 6.92 Å². The molecule has 0 aliphatic rings. The van der Waals surface area contributed by atoms with Crippen LogP contribution in [0.3, 0.4) is 0 Å². The van der Waals surface area contributed by atoms with Crippen LogP contribution in [0.1, 0.15) is 5.56 Å². The Labute approximate surface area is 98.0 Å². The number of nitrogen functional groups attached to an aromatic ring is 1. The monoisotopic (exact) mass is 235 g/mol. The maximum Gasteiger partial charge on any atom is 0.224 e. The number of nitrogens with two attached hydrogens (primary N) is 1. The van der Waals surface area contributed by atoms with Gasteiger partial charge in [0.05, 0.1) is 0 Å². The van der Waals surface area contributed by atoms with Crippen molar-refractivity contribution >= 4 is 17.4 Å². The Bertz CT molecular complexity index is 516. The highest BCUT2D eigenvalue weighted by Gasteiger charge is 2.03. The second-order valence-corrected chi connectivity index (χ2v) is 3.73. The maximum atomic E-state index is 5.88. The summed E-state index contributed by atoms with van der Waals surface area (Å²) in [6.45, 7) is 1.93. The Morgan fingerprint density at radius 1 is 1.25 bits per heavy atom. The molecule has 16 heavy (non-hydrogen) atoms. The number of hydrogen-bond donors (Lipinski definition) is 1. The van der Waals surface area contributed by atoms with Crippen LogP contribution in [-0.4, -0.2) is 9.97 Å². The SMILES string of the molecule is Cc1ccc(Cl)cc1Oc1cc(N)ncn1. The van der Waals surface area contributed by atoms with E-state index in [0.29, 0.717) is 22.5 Å². The molecule has 2 N–H and O–H groups in total. The molecule has 0 radical (unpaired) electrons. The van der Waals surface area contributed by atoms with E-state index in [-0.39, 0.29) is 0 Å². The molecule has 0 fully saturated rings. The molecule has 0 spiro atoms. The van der Waals surface area contributed by atoms with Crippen LogP contribution in [0, 0.1) is 6.92 Å². The first kappa shape index (κ1) is 10.7. The van der Waals surface area contributed by atoms with Crippen LogP contribution in [-0.2, 0) is 0 Å². The van der Waals surface area contributed by atoms with E-state index < -0.39 is 0 Å². The molecule has 0 atom stereocenters. The van der Waals surface area contributed by atoms with Crippen molar-refractivity contribution in [2.24, 2.45) is 0 Å². The van der Waals surface area contributed by atoms with Gasteiger partial charge in [-0.15, -0.1) is 0 Å². The van der Waals surface area contributed by atoms with E-state index in [4.69, 9.17) is 22.1 Å². The van der Waals surface area contributed by atoms with Crippen molar-refractivity contribution in [3.05, 3.63) is 41.2 Å². The third-order valence-electron chi connectivity index (χ3n) is 2.03. The highest BCUT2D eigenvalue weighted by molar-refractivity contribution is 6.30. The summed E-state index contributed by atoms with van der Waals surface area (Å²) in [6, 6.07) is 6.97. The lowest BCUT2D eigenvalue weighted by atomic mass is 10.2. The van der Waals surface area contributed by atoms with E-state index >= 15 is 0 Å². The minimum absolute atomic E-state index is 0.365. The number of benzene rings is 1. The van der Waals surface area contributed by atoms with Crippen molar-refractivity contribution in [2.75, 3.05) is 5.73 Å². The number of nitrogens with zero attached hydrogens (tertiary/aromatic N) is 2. The lowest BCUT2D eigenvalue weighted by Gasteiger charge is -2.07. The molecule has 0 unspecified atom stereocenters. The van der Waals surface area contributed by atoms with Gasteiger partial charge in [-0.2, -0.15) is 0 Å². The van der Waals surface area contributed by atoms with Gasteiger partial charge in [0, 0.05) is 11.1 Å². The fraction of sp³-hybridized carbons (Fsp3) is 0.0909. The number of halogens is 1. The van der Waals surface area contributed by atoms with Crippen LogP contribution >= 0.6 is 11.6 Å². The predicted octanol–water partition coefficient (Wildman–Crippen LogP) is 2.81. The average molecular weight is 236 g/mol. The first-order valence-corrected chi connectivity index (χ1v) is 5.04. The fourth-order valence-corrected chi connectivity index (χ4v) is 1.37. The molecule has 0 saturated heterocycles. The maximum absolute atomic E-state index is 5.88. The summed E-state index contributed by atoms with van der Waals surface area (Å²) in [5.74, 6) is 1.42. The van der Waals surface area contributed by atoms with Crippen LogP contribution in [0.2, 0.25) is 5.02 Å². The van der Waals surface area contributed by atoms with Crippen LogP contribution in [0.15, 0.2) is 30.6 Å². The molecule has 1 aromatic heterocycles. The molecule has 1 aromatic carbocycles. The van der Waals surface area contributed by atoms with Gasteiger partial charge < -0.3 is 10.5 Å². The Balaban J connectivity index is 2.30. The molecule has 0 amide bonds. The normalized spacial score (nSPS) is 10.1. The molecule has 82 valence electrons. The van der Waals surface area contributed by atoms with E-state index in [1.54, 1.807) is 18.2 Å². The van der Waals surface area contributed by atoms with Crippen molar-refractivity contribution in [1.82, 2.24) is 9.97 Å². The molecule has 2 aromatic rings. The summed E-state index contributed by atoms with van der Waals surface area (Å²) >= 11 is 5.88. The number of hydrogen-bond acceptors (Lipinski definition) is 4. The van der Waals surface area contributed by atoms with E-state index in [9.17, 15) is 0 Å². The lowest BCUT2D eigenvalue weighted by Crippen LogP contribution is -1.94. The Hall–Kier alpha value is -1.81. The van der Waals surface area contributed by atoms with Crippen molar-refractivity contribution in [1.29, 1.82) is 0 Å². The van der Waals surface area contributed by atoms with Gasteiger partial charge in [0.1, 0.15) is 17.9 Å². The van der Waals surface area contributed by atoms with Gasteiger partial charge in [0.25, 0.3) is 0 Å². The molecule has 0 aliphatic carbocycles. The summed E-state index contributed by atoms with van der Waals surface area (Å²) in [5.41, 5.74) is 6.50. The van der Waals surface area contributed by atoms with Crippen LogP contribution in [0.25, 0.3) is 0 Å². The molecule has 1 heterocycles. The lowest BCUT2D eigenvalue weighted by molar-refractivity contribution is 0.458. The van der Waals surface area contributed by atoms with E-state index in [1.807, 2.05) is 13.0 Å². The highest BCUT2D eigenvalue weighted by Crippen LogP contribution is 2.26. The first-order valence-electron chi connectivity index (χ1n) is 4.66. The summed E-state index contributed by atoms with van der Waals surface area (Å²) < 4.78 is 5.56. The summed E-state index contributed by atoms with van der Waals surface area (Å²) in [5, 5.41) is 0.614. The van der Waals surface area contributed by atoms with Gasteiger partial charge in [-0.25, -0.2) is 9.97 Å². The number of aromatic nitrogens is 2.